The van der Waals surface area contributed by atoms with Crippen molar-refractivity contribution >= 4 is 11.8 Å². The van der Waals surface area contributed by atoms with Crippen LogP contribution in [0.4, 0.5) is 0 Å². The van der Waals surface area contributed by atoms with E-state index in [-0.39, 0.29) is 29.5 Å². The van der Waals surface area contributed by atoms with Gasteiger partial charge in [-0.1, -0.05) is 19.3 Å². The second kappa shape index (κ2) is 8.41. The number of methoxy groups -OCH3 is 1. The summed E-state index contributed by atoms with van der Waals surface area (Å²) in [6, 6.07) is 3.69. The van der Waals surface area contributed by atoms with E-state index in [2.05, 4.69) is 9.88 Å². The zero-order chi connectivity index (χ0) is 21.4. The van der Waals surface area contributed by atoms with Crippen LogP contribution in [0, 0.1) is 5.92 Å². The normalized spacial score (nSPS) is 26.1. The molecule has 1 spiro atoms. The summed E-state index contributed by atoms with van der Waals surface area (Å²) in [5.74, 6) is 1.36. The second-order valence-electron chi connectivity index (χ2n) is 9.64. The van der Waals surface area contributed by atoms with Crippen LogP contribution >= 0.6 is 0 Å². The molecule has 0 aromatic carbocycles. The highest BCUT2D eigenvalue weighted by Crippen LogP contribution is 2.48. The summed E-state index contributed by atoms with van der Waals surface area (Å²) in [5.41, 5.74) is 0.484. The lowest BCUT2D eigenvalue weighted by Gasteiger charge is -2.62. The predicted octanol–water partition coefficient (Wildman–Crippen LogP) is 3.04. The third kappa shape index (κ3) is 3.81. The Labute approximate surface area is 184 Å². The van der Waals surface area contributed by atoms with Gasteiger partial charge < -0.3 is 19.3 Å². The van der Waals surface area contributed by atoms with Gasteiger partial charge in [-0.2, -0.15) is 0 Å². The van der Waals surface area contributed by atoms with Crippen LogP contribution < -0.4 is 4.74 Å². The zero-order valence-corrected chi connectivity index (χ0v) is 18.4. The maximum atomic E-state index is 13.2. The molecule has 2 aliphatic carbocycles. The van der Waals surface area contributed by atoms with Gasteiger partial charge in [0.1, 0.15) is 0 Å². The molecule has 3 heterocycles. The molecule has 5 rings (SSSR count). The molecule has 2 saturated heterocycles. The van der Waals surface area contributed by atoms with E-state index < -0.39 is 0 Å². The number of likely N-dealkylation sites (tertiary alicyclic amines) is 2. The molecule has 1 aromatic rings. The van der Waals surface area contributed by atoms with Crippen LogP contribution in [0.1, 0.15) is 68.1 Å². The van der Waals surface area contributed by atoms with Gasteiger partial charge in [0.25, 0.3) is 11.8 Å². The highest BCUT2D eigenvalue weighted by atomic mass is 16.5. The number of ether oxygens (including phenoxy) is 2. The van der Waals surface area contributed by atoms with E-state index in [1.54, 1.807) is 25.4 Å². The smallest absolute Gasteiger partial charge is 0.255 e. The average molecular weight is 428 g/mol. The third-order valence-electron chi connectivity index (χ3n) is 7.65. The van der Waals surface area contributed by atoms with Crippen molar-refractivity contribution in [3.8, 4) is 5.88 Å². The number of hydrogen-bond acceptors (Lipinski definition) is 5. The molecule has 0 radical (unpaired) electrons. The van der Waals surface area contributed by atoms with Crippen LogP contribution in [-0.2, 0) is 9.53 Å². The number of piperidine rings is 1. The lowest BCUT2D eigenvalue weighted by Crippen LogP contribution is -2.78. The number of aromatic nitrogens is 1. The minimum Gasteiger partial charge on any atom is -0.481 e. The first-order valence-corrected chi connectivity index (χ1v) is 11.9. The third-order valence-corrected chi connectivity index (χ3v) is 7.65. The SMILES string of the molecule is COc1ccc(C(=O)N2CCC(N3C(=O)C(OCC4CC4)C34CCCCC4)CC2)cn1. The van der Waals surface area contributed by atoms with Crippen LogP contribution in [-0.4, -0.2) is 71.1 Å². The van der Waals surface area contributed by atoms with Crippen LogP contribution in [0.25, 0.3) is 0 Å². The Morgan fingerprint density at radius 2 is 1.87 bits per heavy atom. The molecule has 1 unspecified atom stereocenters. The van der Waals surface area contributed by atoms with Crippen molar-refractivity contribution in [3.05, 3.63) is 23.9 Å². The van der Waals surface area contributed by atoms with Gasteiger partial charge in [0.05, 0.1) is 24.8 Å². The lowest BCUT2D eigenvalue weighted by atomic mass is 9.68. The van der Waals surface area contributed by atoms with Gasteiger partial charge in [-0.05, 0) is 50.5 Å². The first-order chi connectivity index (χ1) is 15.1. The van der Waals surface area contributed by atoms with E-state index in [9.17, 15) is 9.59 Å². The Balaban J connectivity index is 1.22. The number of hydrogen-bond donors (Lipinski definition) is 0. The van der Waals surface area contributed by atoms with Crippen molar-refractivity contribution in [2.24, 2.45) is 5.92 Å². The first-order valence-electron chi connectivity index (χ1n) is 11.9. The van der Waals surface area contributed by atoms with Gasteiger partial charge in [-0.15, -0.1) is 0 Å². The van der Waals surface area contributed by atoms with Crippen molar-refractivity contribution in [1.82, 2.24) is 14.8 Å². The highest BCUT2D eigenvalue weighted by Gasteiger charge is 2.62. The Morgan fingerprint density at radius 3 is 2.48 bits per heavy atom. The van der Waals surface area contributed by atoms with E-state index >= 15 is 0 Å². The minimum absolute atomic E-state index is 0.00145. The molecular weight excluding hydrogens is 394 g/mol. The van der Waals surface area contributed by atoms with Crippen LogP contribution in [0.2, 0.25) is 0 Å². The average Bonchev–Trinajstić information content (AvgIpc) is 3.64. The van der Waals surface area contributed by atoms with Gasteiger partial charge in [0.2, 0.25) is 5.88 Å². The van der Waals surface area contributed by atoms with Crippen molar-refractivity contribution in [2.45, 2.75) is 75.5 Å². The van der Waals surface area contributed by atoms with Gasteiger partial charge in [-0.3, -0.25) is 9.59 Å². The summed E-state index contributed by atoms with van der Waals surface area (Å²) in [6.07, 6.45) is 11.2. The first kappa shape index (κ1) is 20.7. The van der Waals surface area contributed by atoms with Gasteiger partial charge in [-0.25, -0.2) is 4.98 Å². The molecule has 168 valence electrons. The molecular formula is C24H33N3O4. The Hall–Kier alpha value is -2.15. The largest absolute Gasteiger partial charge is 0.481 e. The highest BCUT2D eigenvalue weighted by molar-refractivity contribution is 5.94. The summed E-state index contributed by atoms with van der Waals surface area (Å²) in [7, 11) is 1.56. The molecule has 2 amide bonds. The van der Waals surface area contributed by atoms with E-state index in [0.717, 1.165) is 32.3 Å². The van der Waals surface area contributed by atoms with Crippen molar-refractivity contribution in [1.29, 1.82) is 0 Å². The molecule has 1 aromatic heterocycles. The second-order valence-corrected chi connectivity index (χ2v) is 9.64. The van der Waals surface area contributed by atoms with Crippen LogP contribution in [0.5, 0.6) is 5.88 Å². The Morgan fingerprint density at radius 1 is 1.13 bits per heavy atom. The summed E-state index contributed by atoms with van der Waals surface area (Å²) < 4.78 is 11.3. The molecule has 7 nitrogen and oxygen atoms in total. The molecule has 2 saturated carbocycles. The minimum atomic E-state index is -0.238. The van der Waals surface area contributed by atoms with E-state index in [1.807, 2.05) is 4.90 Å². The zero-order valence-electron chi connectivity index (χ0n) is 18.4. The van der Waals surface area contributed by atoms with Crippen molar-refractivity contribution in [2.75, 3.05) is 26.8 Å². The fourth-order valence-corrected chi connectivity index (χ4v) is 5.73. The van der Waals surface area contributed by atoms with E-state index in [1.165, 1.54) is 32.1 Å². The maximum Gasteiger partial charge on any atom is 0.255 e. The molecule has 4 fully saturated rings. The summed E-state index contributed by atoms with van der Waals surface area (Å²) in [4.78, 5) is 34.3. The number of carbonyl (C=O) groups excluding carboxylic acids is 2. The van der Waals surface area contributed by atoms with Crippen molar-refractivity contribution in [3.63, 3.8) is 0 Å². The lowest BCUT2D eigenvalue weighted by molar-refractivity contribution is -0.211. The number of rotatable bonds is 6. The Kier molecular flexibility index (Phi) is 5.63. The molecule has 7 heteroatoms. The fourth-order valence-electron chi connectivity index (χ4n) is 5.73. The van der Waals surface area contributed by atoms with Gasteiger partial charge in [0, 0.05) is 31.4 Å². The molecule has 1 atom stereocenters. The monoisotopic (exact) mass is 427 g/mol. The maximum absolute atomic E-state index is 13.2. The number of carbonyl (C=O) groups is 2. The molecule has 0 N–H and O–H groups in total. The summed E-state index contributed by atoms with van der Waals surface area (Å²) >= 11 is 0. The molecule has 0 bridgehead atoms. The number of pyridine rings is 1. The van der Waals surface area contributed by atoms with Crippen LogP contribution in [0.15, 0.2) is 18.3 Å². The quantitative estimate of drug-likeness (QED) is 0.653. The van der Waals surface area contributed by atoms with E-state index in [0.29, 0.717) is 30.5 Å². The van der Waals surface area contributed by atoms with E-state index in [4.69, 9.17) is 9.47 Å². The number of nitrogens with zero attached hydrogens (tertiary/aromatic N) is 3. The number of β-lactam (4-membered cyclic amide) rings is 1. The summed E-state index contributed by atoms with van der Waals surface area (Å²) in [5, 5.41) is 0. The standard InChI is InChI=1S/C24H33N3O4/c1-30-20-8-7-18(15-25-20)22(28)26-13-9-19(10-14-26)27-23(29)21(31-16-17-5-6-17)24(27)11-3-2-4-12-24/h7-8,15,17,19,21H,2-6,9-14,16H2,1H3. The fraction of sp³-hybridized carbons (Fsp3) is 0.708. The van der Waals surface area contributed by atoms with Crippen LogP contribution in [0.3, 0.4) is 0 Å². The van der Waals surface area contributed by atoms with Gasteiger partial charge in [0.15, 0.2) is 6.10 Å². The topological polar surface area (TPSA) is 72.0 Å². The molecule has 2 aliphatic heterocycles. The molecule has 4 aliphatic rings. The van der Waals surface area contributed by atoms with Crippen molar-refractivity contribution < 1.29 is 19.1 Å². The van der Waals surface area contributed by atoms with Gasteiger partial charge >= 0.3 is 0 Å². The molecule has 31 heavy (non-hydrogen) atoms. The number of amides is 2. The summed E-state index contributed by atoms with van der Waals surface area (Å²) in [6.45, 7) is 2.08. The Bertz CT molecular complexity index is 809. The predicted molar refractivity (Wildman–Crippen MR) is 115 cm³/mol.